The van der Waals surface area contributed by atoms with E-state index in [0.29, 0.717) is 10.3 Å². The highest BCUT2D eigenvalue weighted by molar-refractivity contribution is 7.71. The number of aromatic nitrogens is 3. The molecule has 128 valence electrons. The van der Waals surface area contributed by atoms with E-state index in [0.717, 1.165) is 16.8 Å². The van der Waals surface area contributed by atoms with Gasteiger partial charge in [0.05, 0.1) is 5.69 Å². The summed E-state index contributed by atoms with van der Waals surface area (Å²) in [6.45, 7) is 3.88. The Labute approximate surface area is 150 Å². The molecule has 25 heavy (non-hydrogen) atoms. The van der Waals surface area contributed by atoms with Crippen molar-refractivity contribution in [2.45, 2.75) is 20.4 Å². The molecule has 7 heteroatoms. The largest absolute Gasteiger partial charge is 0.366 e. The Morgan fingerprint density at radius 3 is 2.40 bits per heavy atom. The van der Waals surface area contributed by atoms with Gasteiger partial charge in [-0.15, -0.1) is 5.10 Å². The second kappa shape index (κ2) is 6.90. The summed E-state index contributed by atoms with van der Waals surface area (Å²) < 4.78 is 3.26. The first-order chi connectivity index (χ1) is 12.0. The molecule has 0 saturated carbocycles. The third kappa shape index (κ3) is 3.46. The first-order valence-electron chi connectivity index (χ1n) is 7.84. The first kappa shape index (κ1) is 16.9. The van der Waals surface area contributed by atoms with Crippen molar-refractivity contribution < 1.29 is 4.79 Å². The van der Waals surface area contributed by atoms with Crippen LogP contribution in [-0.4, -0.2) is 20.2 Å². The van der Waals surface area contributed by atoms with E-state index in [1.54, 1.807) is 0 Å². The van der Waals surface area contributed by atoms with Gasteiger partial charge in [0.15, 0.2) is 5.78 Å². The van der Waals surface area contributed by atoms with Gasteiger partial charge >= 0.3 is 0 Å². The van der Waals surface area contributed by atoms with Gasteiger partial charge in [-0.25, -0.2) is 4.68 Å². The number of nitrogens with zero attached hydrogens (tertiary/aromatic N) is 3. The molecule has 0 amide bonds. The van der Waals surface area contributed by atoms with Crippen molar-refractivity contribution in [1.29, 1.82) is 0 Å². The number of hydrogen-bond acceptors (Lipinski definition) is 5. The van der Waals surface area contributed by atoms with Crippen LogP contribution < -0.4 is 11.2 Å². The van der Waals surface area contributed by atoms with E-state index in [-0.39, 0.29) is 18.3 Å². The lowest BCUT2D eigenvalue weighted by molar-refractivity contribution is 0.0966. The number of nitrogen functional groups attached to an aromatic ring is 1. The summed E-state index contributed by atoms with van der Waals surface area (Å²) in [5.74, 6) is 0.152. The monoisotopic (exact) mass is 353 g/mol. The molecule has 0 aliphatic heterocycles. The van der Waals surface area contributed by atoms with Crippen molar-refractivity contribution in [3.63, 3.8) is 0 Å². The number of para-hydroxylation sites is 1. The average Bonchev–Trinajstić information content (AvgIpc) is 2.83. The van der Waals surface area contributed by atoms with Crippen LogP contribution in [0, 0.1) is 18.6 Å². The predicted octanol–water partition coefficient (Wildman–Crippen LogP) is 3.37. The molecular formula is C18H19N5OS. The molecule has 3 aromatic rings. The minimum atomic E-state index is -0.0453. The van der Waals surface area contributed by atoms with Crippen LogP contribution in [0.5, 0.6) is 0 Å². The minimum absolute atomic E-state index is 0.0399. The summed E-state index contributed by atoms with van der Waals surface area (Å²) >= 11 is 5.41. The maximum atomic E-state index is 12.7. The lowest BCUT2D eigenvalue weighted by Gasteiger charge is -2.09. The van der Waals surface area contributed by atoms with E-state index in [1.165, 1.54) is 9.36 Å². The molecule has 1 aromatic heterocycles. The molecule has 3 rings (SSSR count). The highest BCUT2D eigenvalue weighted by atomic mass is 32.1. The van der Waals surface area contributed by atoms with E-state index < -0.39 is 0 Å². The highest BCUT2D eigenvalue weighted by Crippen LogP contribution is 2.16. The molecule has 0 bridgehead atoms. The quantitative estimate of drug-likeness (QED) is 0.543. The molecular weight excluding hydrogens is 334 g/mol. The summed E-state index contributed by atoms with van der Waals surface area (Å²) in [5, 5.41) is 4.20. The molecule has 0 fully saturated rings. The minimum Gasteiger partial charge on any atom is -0.366 e. The van der Waals surface area contributed by atoms with Crippen LogP contribution in [0.1, 0.15) is 21.5 Å². The molecule has 3 N–H and O–H groups in total. The second-order valence-corrected chi connectivity index (χ2v) is 6.17. The third-order valence-corrected chi connectivity index (χ3v) is 4.33. The first-order valence-corrected chi connectivity index (χ1v) is 8.25. The summed E-state index contributed by atoms with van der Waals surface area (Å²) in [7, 11) is 0. The van der Waals surface area contributed by atoms with Gasteiger partial charge in [0.25, 0.3) is 0 Å². The Bertz CT molecular complexity index is 955. The van der Waals surface area contributed by atoms with E-state index in [2.05, 4.69) is 10.5 Å². The Hall–Kier alpha value is -2.93. The summed E-state index contributed by atoms with van der Waals surface area (Å²) in [4.78, 5) is 12.7. The SMILES string of the molecule is Cc1cccc(C)c1C(=O)Cn1nc(N)n(Nc2ccccc2)c1=S. The molecule has 6 nitrogen and oxygen atoms in total. The number of hydrogen-bond donors (Lipinski definition) is 2. The van der Waals surface area contributed by atoms with Crippen molar-refractivity contribution >= 4 is 29.6 Å². The zero-order valence-corrected chi connectivity index (χ0v) is 14.9. The summed E-state index contributed by atoms with van der Waals surface area (Å²) in [6.07, 6.45) is 0. The van der Waals surface area contributed by atoms with Crippen LogP contribution in [0.15, 0.2) is 48.5 Å². The van der Waals surface area contributed by atoms with Crippen LogP contribution in [0.2, 0.25) is 0 Å². The van der Waals surface area contributed by atoms with E-state index >= 15 is 0 Å². The topological polar surface area (TPSA) is 77.9 Å². The number of ketones is 1. The maximum Gasteiger partial charge on any atom is 0.240 e. The van der Waals surface area contributed by atoms with Gasteiger partial charge in [0.1, 0.15) is 6.54 Å². The number of carbonyl (C=O) groups is 1. The van der Waals surface area contributed by atoms with Crippen LogP contribution in [0.3, 0.4) is 0 Å². The fourth-order valence-electron chi connectivity index (χ4n) is 2.74. The number of Topliss-reactive ketones (excluding diaryl/α,β-unsaturated/α-hetero) is 1. The second-order valence-electron chi connectivity index (χ2n) is 5.80. The van der Waals surface area contributed by atoms with Gasteiger partial charge in [-0.1, -0.05) is 36.4 Å². The molecule has 0 radical (unpaired) electrons. The molecule has 0 saturated heterocycles. The summed E-state index contributed by atoms with van der Waals surface area (Å²) in [5.41, 5.74) is 12.4. The Kier molecular flexibility index (Phi) is 4.67. The standard InChI is InChI=1S/C18H19N5OS/c1-12-7-6-8-13(2)16(12)15(24)11-22-18(25)23(17(19)21-22)20-14-9-4-3-5-10-14/h3-10,20H,11H2,1-2H3,(H2,19,21). The normalized spacial score (nSPS) is 10.6. The van der Waals surface area contributed by atoms with Crippen molar-refractivity contribution in [2.24, 2.45) is 0 Å². The maximum absolute atomic E-state index is 12.7. The number of rotatable bonds is 5. The fraction of sp³-hybridized carbons (Fsp3) is 0.167. The molecule has 0 aliphatic rings. The molecule has 0 aliphatic carbocycles. The van der Waals surface area contributed by atoms with Crippen molar-refractivity contribution in [2.75, 3.05) is 11.2 Å². The van der Waals surface area contributed by atoms with E-state index in [4.69, 9.17) is 18.0 Å². The summed E-state index contributed by atoms with van der Waals surface area (Å²) in [6, 6.07) is 15.3. The molecule has 0 unspecified atom stereocenters. The van der Waals surface area contributed by atoms with Gasteiger partial charge < -0.3 is 5.73 Å². The molecule has 0 atom stereocenters. The lowest BCUT2D eigenvalue weighted by Crippen LogP contribution is -2.16. The van der Waals surface area contributed by atoms with Crippen molar-refractivity contribution in [3.05, 3.63) is 70.0 Å². The molecule has 0 spiro atoms. The highest BCUT2D eigenvalue weighted by Gasteiger charge is 2.16. The zero-order valence-electron chi connectivity index (χ0n) is 14.1. The van der Waals surface area contributed by atoms with Gasteiger partial charge in [0.2, 0.25) is 10.7 Å². The van der Waals surface area contributed by atoms with Gasteiger partial charge in [-0.05, 0) is 49.3 Å². The van der Waals surface area contributed by atoms with Crippen molar-refractivity contribution in [1.82, 2.24) is 14.5 Å². The van der Waals surface area contributed by atoms with Crippen LogP contribution >= 0.6 is 12.2 Å². The van der Waals surface area contributed by atoms with Gasteiger partial charge in [-0.2, -0.15) is 4.68 Å². The number of carbonyl (C=O) groups excluding carboxylic acids is 1. The van der Waals surface area contributed by atoms with Crippen LogP contribution in [0.4, 0.5) is 11.6 Å². The van der Waals surface area contributed by atoms with Crippen molar-refractivity contribution in [3.8, 4) is 0 Å². The number of aryl methyl sites for hydroxylation is 2. The fourth-order valence-corrected chi connectivity index (χ4v) is 2.99. The zero-order chi connectivity index (χ0) is 18.0. The third-order valence-electron chi connectivity index (χ3n) is 3.93. The number of benzene rings is 2. The molecule has 2 aromatic carbocycles. The molecule has 1 heterocycles. The van der Waals surface area contributed by atoms with Crippen LogP contribution in [0.25, 0.3) is 0 Å². The number of nitrogens with two attached hydrogens (primary N) is 1. The Morgan fingerprint density at radius 1 is 1.12 bits per heavy atom. The van der Waals surface area contributed by atoms with Gasteiger partial charge in [-0.3, -0.25) is 10.2 Å². The van der Waals surface area contributed by atoms with E-state index in [9.17, 15) is 4.79 Å². The predicted molar refractivity (Wildman–Crippen MR) is 101 cm³/mol. The Morgan fingerprint density at radius 2 is 1.76 bits per heavy atom. The number of anilines is 2. The number of nitrogens with one attached hydrogen (secondary N) is 1. The average molecular weight is 353 g/mol. The lowest BCUT2D eigenvalue weighted by atomic mass is 9.99. The van der Waals surface area contributed by atoms with E-state index in [1.807, 2.05) is 62.4 Å². The Balaban J connectivity index is 1.88. The smallest absolute Gasteiger partial charge is 0.240 e. The van der Waals surface area contributed by atoms with Crippen LogP contribution in [-0.2, 0) is 6.54 Å². The van der Waals surface area contributed by atoms with Gasteiger partial charge in [0, 0.05) is 5.56 Å².